The van der Waals surface area contributed by atoms with Crippen LogP contribution in [0.4, 0.5) is 5.69 Å². The third-order valence-electron chi connectivity index (χ3n) is 6.44. The molecule has 0 unspecified atom stereocenters. The molecule has 1 fully saturated rings. The molecule has 4 aromatic rings. The summed E-state index contributed by atoms with van der Waals surface area (Å²) >= 11 is 0. The van der Waals surface area contributed by atoms with Gasteiger partial charge in [-0.2, -0.15) is 0 Å². The monoisotopic (exact) mass is 447 g/mol. The van der Waals surface area contributed by atoms with E-state index in [0.717, 1.165) is 30.0 Å². The fraction of sp³-hybridized carbons (Fsp3) is 0.231. The lowest BCUT2D eigenvalue weighted by Gasteiger charge is -2.23. The van der Waals surface area contributed by atoms with Crippen molar-refractivity contribution in [2.45, 2.75) is 37.4 Å². The van der Waals surface area contributed by atoms with Crippen LogP contribution in [0.5, 0.6) is 11.5 Å². The number of fused-ring (bicyclic) bond motifs is 2. The molecule has 0 aliphatic heterocycles. The Morgan fingerprint density at radius 2 is 1.44 bits per heavy atom. The summed E-state index contributed by atoms with van der Waals surface area (Å²) < 4.78 is 29.2. The number of nitrogens with one attached hydrogen (secondary N) is 1. The van der Waals surface area contributed by atoms with Crippen molar-refractivity contribution < 1.29 is 18.6 Å². The maximum atomic E-state index is 13.2. The van der Waals surface area contributed by atoms with E-state index in [0.29, 0.717) is 40.4 Å². The predicted octanol–water partition coefficient (Wildman–Crippen LogP) is 6.15. The minimum absolute atomic E-state index is 0.00728. The average molecular weight is 448 g/mol. The molecule has 6 heteroatoms. The Kier molecular flexibility index (Phi) is 5.18. The van der Waals surface area contributed by atoms with Gasteiger partial charge in [0.05, 0.1) is 10.9 Å². The van der Waals surface area contributed by atoms with Crippen molar-refractivity contribution in [2.75, 3.05) is 4.72 Å². The molecule has 4 aromatic carbocycles. The lowest BCUT2D eigenvalue weighted by atomic mass is 9.93. The largest absolute Gasteiger partial charge is 0.507 e. The normalized spacial score (nSPS) is 15.2. The van der Waals surface area contributed by atoms with Crippen LogP contribution in [0.3, 0.4) is 0 Å². The SMILES string of the molecule is O=S(=O)(Nc1cc(-c2c(O)ccc3ccccc23)c(O)c2ccccc12)C1CCCCC1. The van der Waals surface area contributed by atoms with Crippen LogP contribution in [0.25, 0.3) is 32.7 Å². The van der Waals surface area contributed by atoms with Crippen molar-refractivity contribution in [3.8, 4) is 22.6 Å². The summed E-state index contributed by atoms with van der Waals surface area (Å²) in [6, 6.07) is 19.8. The molecule has 0 bridgehead atoms. The van der Waals surface area contributed by atoms with E-state index < -0.39 is 15.3 Å². The number of hydrogen-bond acceptors (Lipinski definition) is 4. The van der Waals surface area contributed by atoms with Gasteiger partial charge in [0.15, 0.2) is 0 Å². The number of aromatic hydroxyl groups is 2. The summed E-state index contributed by atoms with van der Waals surface area (Å²) in [6.45, 7) is 0. The first kappa shape index (κ1) is 20.6. The highest BCUT2D eigenvalue weighted by Crippen LogP contribution is 2.46. The van der Waals surface area contributed by atoms with Crippen molar-refractivity contribution in [1.29, 1.82) is 0 Å². The lowest BCUT2D eigenvalue weighted by molar-refractivity contribution is 0.472. The second-order valence-electron chi connectivity index (χ2n) is 8.45. The second kappa shape index (κ2) is 8.02. The number of phenols is 2. The standard InChI is InChI=1S/C26H25NO4S/c28-24-15-14-17-8-4-5-11-19(17)25(24)22-16-23(20-12-6-7-13-21(20)26(22)29)27-32(30,31)18-9-2-1-3-10-18/h4-8,11-16,18,27-29H,1-3,9-10H2. The van der Waals surface area contributed by atoms with Crippen LogP contribution < -0.4 is 4.72 Å². The van der Waals surface area contributed by atoms with Gasteiger partial charge < -0.3 is 10.2 Å². The van der Waals surface area contributed by atoms with E-state index in [2.05, 4.69) is 4.72 Å². The molecular formula is C26H25NO4S. The Bertz CT molecular complexity index is 1420. The molecule has 5 nitrogen and oxygen atoms in total. The highest BCUT2D eigenvalue weighted by molar-refractivity contribution is 7.93. The first-order valence-corrected chi connectivity index (χ1v) is 12.5. The Morgan fingerprint density at radius 3 is 2.19 bits per heavy atom. The first-order valence-electron chi connectivity index (χ1n) is 10.9. The van der Waals surface area contributed by atoms with Gasteiger partial charge in [-0.3, -0.25) is 4.72 Å². The highest BCUT2D eigenvalue weighted by atomic mass is 32.2. The quantitative estimate of drug-likeness (QED) is 0.328. The Labute approximate surface area is 187 Å². The molecule has 3 N–H and O–H groups in total. The van der Waals surface area contributed by atoms with Crippen LogP contribution in [0.15, 0.2) is 66.7 Å². The predicted molar refractivity (Wildman–Crippen MR) is 130 cm³/mol. The van der Waals surface area contributed by atoms with Crippen LogP contribution >= 0.6 is 0 Å². The topological polar surface area (TPSA) is 86.6 Å². The van der Waals surface area contributed by atoms with Crippen molar-refractivity contribution in [3.63, 3.8) is 0 Å². The number of hydrogen-bond donors (Lipinski definition) is 3. The minimum atomic E-state index is -3.59. The van der Waals surface area contributed by atoms with Gasteiger partial charge in [-0.15, -0.1) is 0 Å². The highest BCUT2D eigenvalue weighted by Gasteiger charge is 2.28. The Hall–Kier alpha value is -3.25. The molecule has 0 saturated heterocycles. The van der Waals surface area contributed by atoms with Crippen molar-refractivity contribution >= 4 is 37.3 Å². The Morgan fingerprint density at radius 1 is 0.781 bits per heavy atom. The van der Waals surface area contributed by atoms with Crippen LogP contribution in [0, 0.1) is 0 Å². The van der Waals surface area contributed by atoms with Crippen molar-refractivity contribution in [3.05, 3.63) is 66.7 Å². The Balaban J connectivity index is 1.73. The van der Waals surface area contributed by atoms with Gasteiger partial charge in [-0.25, -0.2) is 8.42 Å². The molecule has 1 aliphatic carbocycles. The van der Waals surface area contributed by atoms with Gasteiger partial charge in [0.25, 0.3) is 0 Å². The smallest absolute Gasteiger partial charge is 0.235 e. The maximum absolute atomic E-state index is 13.2. The summed E-state index contributed by atoms with van der Waals surface area (Å²) in [5, 5.41) is 24.3. The van der Waals surface area contributed by atoms with E-state index in [-0.39, 0.29) is 11.5 Å². The summed E-state index contributed by atoms with van der Waals surface area (Å²) in [6.07, 6.45) is 4.21. The third kappa shape index (κ3) is 3.54. The number of rotatable bonds is 4. The molecule has 0 heterocycles. The number of anilines is 1. The fourth-order valence-corrected chi connectivity index (χ4v) is 6.39. The number of phenolic OH excluding ortho intramolecular Hbond substituents is 2. The molecule has 0 amide bonds. The minimum Gasteiger partial charge on any atom is -0.507 e. The first-order chi connectivity index (χ1) is 15.5. The fourth-order valence-electron chi connectivity index (χ4n) is 4.79. The molecule has 1 saturated carbocycles. The average Bonchev–Trinajstić information content (AvgIpc) is 2.82. The molecule has 5 rings (SSSR count). The van der Waals surface area contributed by atoms with Crippen LogP contribution in [0.1, 0.15) is 32.1 Å². The van der Waals surface area contributed by atoms with Crippen LogP contribution in [-0.4, -0.2) is 23.9 Å². The van der Waals surface area contributed by atoms with Crippen molar-refractivity contribution in [1.82, 2.24) is 0 Å². The van der Waals surface area contributed by atoms with Gasteiger partial charge in [0.1, 0.15) is 11.5 Å². The van der Waals surface area contributed by atoms with Gasteiger partial charge in [-0.1, -0.05) is 73.9 Å². The molecule has 1 aliphatic rings. The maximum Gasteiger partial charge on any atom is 0.235 e. The summed E-state index contributed by atoms with van der Waals surface area (Å²) in [7, 11) is -3.59. The number of benzene rings is 4. The van der Waals surface area contributed by atoms with Gasteiger partial charge in [0, 0.05) is 21.9 Å². The zero-order chi connectivity index (χ0) is 22.3. The van der Waals surface area contributed by atoms with Gasteiger partial charge >= 0.3 is 0 Å². The summed E-state index contributed by atoms with van der Waals surface area (Å²) in [4.78, 5) is 0. The molecule has 0 aromatic heterocycles. The van der Waals surface area contributed by atoms with Gasteiger partial charge in [-0.05, 0) is 35.7 Å². The summed E-state index contributed by atoms with van der Waals surface area (Å²) in [5.74, 6) is 0.0308. The van der Waals surface area contributed by atoms with Crippen molar-refractivity contribution in [2.24, 2.45) is 0 Å². The van der Waals surface area contributed by atoms with E-state index >= 15 is 0 Å². The zero-order valence-corrected chi connectivity index (χ0v) is 18.4. The molecule has 0 radical (unpaired) electrons. The molecule has 0 spiro atoms. The lowest BCUT2D eigenvalue weighted by Crippen LogP contribution is -2.29. The van der Waals surface area contributed by atoms with E-state index in [1.54, 1.807) is 30.3 Å². The third-order valence-corrected chi connectivity index (χ3v) is 8.29. The van der Waals surface area contributed by atoms with Gasteiger partial charge in [0.2, 0.25) is 10.0 Å². The molecular weight excluding hydrogens is 422 g/mol. The van der Waals surface area contributed by atoms with E-state index in [1.807, 2.05) is 36.4 Å². The van der Waals surface area contributed by atoms with E-state index in [9.17, 15) is 18.6 Å². The molecule has 32 heavy (non-hydrogen) atoms. The van der Waals surface area contributed by atoms with E-state index in [4.69, 9.17) is 0 Å². The number of sulfonamides is 1. The summed E-state index contributed by atoms with van der Waals surface area (Å²) in [5.41, 5.74) is 1.27. The van der Waals surface area contributed by atoms with Crippen LogP contribution in [0.2, 0.25) is 0 Å². The second-order valence-corrected chi connectivity index (χ2v) is 10.4. The molecule has 164 valence electrons. The van der Waals surface area contributed by atoms with Crippen LogP contribution in [-0.2, 0) is 10.0 Å². The van der Waals surface area contributed by atoms with E-state index in [1.165, 1.54) is 0 Å². The zero-order valence-electron chi connectivity index (χ0n) is 17.6. The molecule has 0 atom stereocenters.